The van der Waals surface area contributed by atoms with Crippen molar-refractivity contribution in [3.8, 4) is 39.1 Å². The van der Waals surface area contributed by atoms with Gasteiger partial charge in [0.05, 0.1) is 22.1 Å². The van der Waals surface area contributed by atoms with Gasteiger partial charge in [-0.15, -0.1) is 0 Å². The molecule has 11 rings (SSSR count). The smallest absolute Gasteiger partial charge is 0.0541 e. The van der Waals surface area contributed by atoms with Crippen LogP contribution in [-0.4, -0.2) is 9.13 Å². The molecule has 0 N–H and O–H groups in total. The first-order valence-corrected chi connectivity index (χ1v) is 21.0. The zero-order valence-electron chi connectivity index (χ0n) is 33.3. The number of hydrogen-bond donors (Lipinski definition) is 0. The molecule has 0 aliphatic heterocycles. The Labute approximate surface area is 345 Å². The van der Waals surface area contributed by atoms with Gasteiger partial charge in [-0.2, -0.15) is 0 Å². The van der Waals surface area contributed by atoms with Gasteiger partial charge >= 0.3 is 0 Å². The quantitative estimate of drug-likeness (QED) is 0.146. The van der Waals surface area contributed by atoms with E-state index < -0.39 is 0 Å². The fourth-order valence-electron chi connectivity index (χ4n) is 9.45. The Morgan fingerprint density at radius 1 is 0.373 bits per heavy atom. The third kappa shape index (κ3) is 6.20. The van der Waals surface area contributed by atoms with Gasteiger partial charge in [0.1, 0.15) is 0 Å². The number of fused-ring (bicyclic) bond motifs is 6. The van der Waals surface area contributed by atoms with Crippen molar-refractivity contribution in [2.24, 2.45) is 0 Å². The largest absolute Gasteiger partial charge is 0.313 e. The van der Waals surface area contributed by atoms with E-state index in [2.05, 4.69) is 216 Å². The summed E-state index contributed by atoms with van der Waals surface area (Å²) in [7, 11) is 0. The monoisotopic (exact) mass is 756 g/mol. The molecule has 1 aliphatic carbocycles. The van der Waals surface area contributed by atoms with Gasteiger partial charge in [-0.25, -0.2) is 0 Å². The van der Waals surface area contributed by atoms with Crippen molar-refractivity contribution in [1.29, 1.82) is 0 Å². The van der Waals surface area contributed by atoms with Crippen molar-refractivity contribution < 1.29 is 0 Å². The first kappa shape index (κ1) is 35.0. The van der Waals surface area contributed by atoms with E-state index >= 15 is 0 Å². The molecule has 0 saturated carbocycles. The van der Waals surface area contributed by atoms with Crippen LogP contribution < -0.4 is 0 Å². The minimum atomic E-state index is 0.978. The van der Waals surface area contributed by atoms with E-state index in [4.69, 9.17) is 0 Å². The highest BCUT2D eigenvalue weighted by molar-refractivity contribution is 6.13. The zero-order valence-corrected chi connectivity index (χ0v) is 33.3. The molecule has 8 aromatic carbocycles. The highest BCUT2D eigenvalue weighted by Gasteiger charge is 2.19. The average Bonchev–Trinajstić information content (AvgIpc) is 3.82. The van der Waals surface area contributed by atoms with Crippen LogP contribution in [0.4, 0.5) is 0 Å². The van der Waals surface area contributed by atoms with Crippen LogP contribution in [0.5, 0.6) is 0 Å². The second-order valence-corrected chi connectivity index (χ2v) is 16.0. The highest BCUT2D eigenvalue weighted by atomic mass is 15.0. The highest BCUT2D eigenvalue weighted by Crippen LogP contribution is 2.40. The lowest BCUT2D eigenvalue weighted by Crippen LogP contribution is -2.01. The van der Waals surface area contributed by atoms with Gasteiger partial charge in [-0.1, -0.05) is 153 Å². The maximum Gasteiger partial charge on any atom is 0.0541 e. The number of benzene rings is 8. The summed E-state index contributed by atoms with van der Waals surface area (Å²) in [4.78, 5) is 0. The summed E-state index contributed by atoms with van der Waals surface area (Å²) in [5, 5.41) is 5.09. The number of para-hydroxylation sites is 2. The van der Waals surface area contributed by atoms with Gasteiger partial charge in [0.15, 0.2) is 0 Å². The Kier molecular flexibility index (Phi) is 8.70. The molecule has 0 radical (unpaired) electrons. The number of rotatable bonds is 8. The van der Waals surface area contributed by atoms with Crippen LogP contribution >= 0.6 is 0 Å². The van der Waals surface area contributed by atoms with E-state index in [0.717, 1.165) is 19.3 Å². The zero-order chi connectivity index (χ0) is 39.3. The number of hydrogen-bond acceptors (Lipinski definition) is 0. The summed E-state index contributed by atoms with van der Waals surface area (Å²) < 4.78 is 4.91. The van der Waals surface area contributed by atoms with Gasteiger partial charge in [0.25, 0.3) is 0 Å². The van der Waals surface area contributed by atoms with E-state index in [9.17, 15) is 0 Å². The van der Waals surface area contributed by atoms with E-state index in [1.807, 2.05) is 0 Å². The number of nitrogens with zero attached hydrogens (tertiary/aromatic N) is 2. The minimum absolute atomic E-state index is 0.978. The normalized spacial score (nSPS) is 13.0. The molecule has 0 spiro atoms. The van der Waals surface area contributed by atoms with E-state index in [0.29, 0.717) is 0 Å². The molecule has 0 bridgehead atoms. The molecule has 10 aromatic rings. The second-order valence-electron chi connectivity index (χ2n) is 16.0. The lowest BCUT2D eigenvalue weighted by Gasteiger charge is -2.18. The first-order valence-electron chi connectivity index (χ1n) is 21.0. The van der Waals surface area contributed by atoms with Crippen molar-refractivity contribution >= 4 is 54.9 Å². The van der Waals surface area contributed by atoms with Gasteiger partial charge in [0.2, 0.25) is 0 Å². The van der Waals surface area contributed by atoms with Crippen LogP contribution in [0.15, 0.2) is 200 Å². The molecule has 59 heavy (non-hydrogen) atoms. The maximum atomic E-state index is 2.50. The minimum Gasteiger partial charge on any atom is -0.313 e. The fraction of sp³-hybridized carbons (Fsp3) is 0.0877. The molecule has 1 aliphatic rings. The van der Waals surface area contributed by atoms with Crippen molar-refractivity contribution in [2.45, 2.75) is 32.6 Å². The number of aromatic nitrogens is 2. The molecular formula is C57H44N2. The predicted octanol–water partition coefficient (Wildman–Crippen LogP) is 15.6. The first-order chi connectivity index (χ1) is 29.2. The Balaban J connectivity index is 0.958. The van der Waals surface area contributed by atoms with Crippen molar-refractivity contribution in [2.75, 3.05) is 0 Å². The number of allylic oxidation sites excluding steroid dienone is 4. The fourth-order valence-corrected chi connectivity index (χ4v) is 9.45. The van der Waals surface area contributed by atoms with Crippen molar-refractivity contribution in [3.63, 3.8) is 0 Å². The summed E-state index contributed by atoms with van der Waals surface area (Å²) in [5.74, 6) is 0. The second kappa shape index (κ2) is 14.7. The molecule has 0 unspecified atom stereocenters. The molecule has 2 aromatic heterocycles. The van der Waals surface area contributed by atoms with Gasteiger partial charge in [0, 0.05) is 32.9 Å². The summed E-state index contributed by atoms with van der Waals surface area (Å²) in [6.45, 7) is 2.24. The van der Waals surface area contributed by atoms with Crippen LogP contribution in [0.25, 0.3) is 93.9 Å². The van der Waals surface area contributed by atoms with Crippen molar-refractivity contribution in [1.82, 2.24) is 9.13 Å². The van der Waals surface area contributed by atoms with E-state index in [1.54, 1.807) is 0 Å². The molecule has 0 saturated heterocycles. The van der Waals surface area contributed by atoms with Gasteiger partial charge < -0.3 is 9.13 Å². The topological polar surface area (TPSA) is 9.86 Å². The Morgan fingerprint density at radius 3 is 1.58 bits per heavy atom. The third-order valence-corrected chi connectivity index (χ3v) is 12.4. The summed E-state index contributed by atoms with van der Waals surface area (Å²) in [6, 6.07) is 69.5. The lowest BCUT2D eigenvalue weighted by molar-refractivity contribution is 0.922. The van der Waals surface area contributed by atoms with Crippen LogP contribution in [0.1, 0.15) is 37.3 Å². The van der Waals surface area contributed by atoms with Gasteiger partial charge in [-0.05, 0) is 130 Å². The molecule has 0 amide bonds. The Hall–Kier alpha value is -7.16. The van der Waals surface area contributed by atoms with E-state index in [-0.39, 0.29) is 0 Å². The lowest BCUT2D eigenvalue weighted by atomic mass is 9.93. The molecule has 2 nitrogen and oxygen atoms in total. The van der Waals surface area contributed by atoms with Crippen LogP contribution in [0.2, 0.25) is 0 Å². The van der Waals surface area contributed by atoms with Gasteiger partial charge in [-0.3, -0.25) is 0 Å². The van der Waals surface area contributed by atoms with Crippen LogP contribution in [-0.2, 0) is 6.42 Å². The molecular weight excluding hydrogens is 713 g/mol. The van der Waals surface area contributed by atoms with Crippen LogP contribution in [0, 0.1) is 0 Å². The molecule has 2 heteroatoms. The predicted molar refractivity (Wildman–Crippen MR) is 252 cm³/mol. The third-order valence-electron chi connectivity index (χ3n) is 12.4. The molecule has 282 valence electrons. The van der Waals surface area contributed by atoms with E-state index in [1.165, 1.54) is 111 Å². The molecule has 0 fully saturated rings. The summed E-state index contributed by atoms with van der Waals surface area (Å²) in [5.41, 5.74) is 19.0. The standard InChI is InChI=1S/C57H44N2/c1-2-12-39-23-25-41(26-24-39)43-15-10-16-44(35-43)42-27-31-48(32-28-42)58-54-21-8-6-19-50(54)52-37-46(29-33-56(52)58)47-30-34-57-53(38-47)51-20-7-9-22-55(51)59(57)49-18-11-17-45(36-49)40-13-4-3-5-14-40/h3-11,13-27,29-31,33-38H,2,12,28,32H2,1H3. The Bertz CT molecular complexity index is 3260. The Morgan fingerprint density at radius 2 is 0.898 bits per heavy atom. The molecule has 0 atom stereocenters. The van der Waals surface area contributed by atoms with Crippen LogP contribution in [0.3, 0.4) is 0 Å². The number of aryl methyl sites for hydroxylation is 1. The molecule has 2 heterocycles. The summed E-state index contributed by atoms with van der Waals surface area (Å²) in [6.07, 6.45) is 8.98. The SMILES string of the molecule is CCCc1ccc(-c2cccc(C3=CC=C(n4c5ccccc5c5cc(-c6ccc7c(c6)c6ccccc6n7-c6cccc(-c7ccccc7)c6)ccc54)CC3)c2)cc1. The maximum absolute atomic E-state index is 2.50. The summed E-state index contributed by atoms with van der Waals surface area (Å²) >= 11 is 0. The van der Waals surface area contributed by atoms with Crippen molar-refractivity contribution in [3.05, 3.63) is 211 Å². The average molecular weight is 757 g/mol.